The first kappa shape index (κ1) is 27.1. The van der Waals surface area contributed by atoms with Gasteiger partial charge in [0.25, 0.3) is 11.8 Å². The number of aromatic nitrogens is 5. The molecule has 5 rings (SSSR count). The molecule has 3 aromatic rings. The molecular formula is C26H35ClN10O2. The lowest BCUT2D eigenvalue weighted by Crippen LogP contribution is -2.59. The number of nitrogens with two attached hydrogens (primary N) is 1. The summed E-state index contributed by atoms with van der Waals surface area (Å²) in [5.74, 6) is 1.34. The number of nitrogens with one attached hydrogen (secondary N) is 1. The number of piperazine rings is 1. The van der Waals surface area contributed by atoms with Crippen molar-refractivity contribution in [1.82, 2.24) is 34.9 Å². The van der Waals surface area contributed by atoms with Gasteiger partial charge in [-0.3, -0.25) is 9.69 Å². The van der Waals surface area contributed by atoms with Crippen LogP contribution in [0.25, 0.3) is 11.6 Å². The third kappa shape index (κ3) is 5.76. The van der Waals surface area contributed by atoms with E-state index in [1.165, 1.54) is 0 Å². The van der Waals surface area contributed by atoms with Gasteiger partial charge in [0, 0.05) is 51.4 Å². The lowest BCUT2D eigenvalue weighted by molar-refractivity contribution is 0.0491. The van der Waals surface area contributed by atoms with E-state index < -0.39 is 0 Å². The fourth-order valence-corrected chi connectivity index (χ4v) is 5.70. The number of carbonyl (C=O) groups is 1. The van der Waals surface area contributed by atoms with Crippen molar-refractivity contribution >= 4 is 35.2 Å². The van der Waals surface area contributed by atoms with Crippen LogP contribution >= 0.6 is 11.6 Å². The Hall–Kier alpha value is -3.51. The second-order valence-corrected chi connectivity index (χ2v) is 10.3. The van der Waals surface area contributed by atoms with E-state index in [1.807, 2.05) is 18.7 Å². The maximum atomic E-state index is 13.0. The number of anilines is 3. The molecule has 2 saturated heterocycles. The second kappa shape index (κ2) is 11.7. The van der Waals surface area contributed by atoms with Gasteiger partial charge in [0.1, 0.15) is 22.5 Å². The Kier molecular flexibility index (Phi) is 8.12. The molecule has 0 spiro atoms. The predicted octanol–water partition coefficient (Wildman–Crippen LogP) is 3.10. The van der Waals surface area contributed by atoms with Gasteiger partial charge in [-0.25, -0.2) is 15.0 Å². The minimum absolute atomic E-state index is 0.0807. The highest BCUT2D eigenvalue weighted by atomic mass is 35.5. The molecule has 1 atom stereocenters. The minimum Gasteiger partial charge on any atom is -0.402 e. The molecule has 3 aromatic heterocycles. The molecule has 13 heteroatoms. The quantitative estimate of drug-likeness (QED) is 0.416. The van der Waals surface area contributed by atoms with Gasteiger partial charge in [0.15, 0.2) is 0 Å². The first-order chi connectivity index (χ1) is 18.9. The van der Waals surface area contributed by atoms with E-state index in [0.717, 1.165) is 50.4 Å². The highest BCUT2D eigenvalue weighted by Gasteiger charge is 2.35. The van der Waals surface area contributed by atoms with Crippen LogP contribution in [0.2, 0.25) is 5.15 Å². The highest BCUT2D eigenvalue weighted by Crippen LogP contribution is 2.28. The molecule has 5 heterocycles. The average molecular weight is 555 g/mol. The van der Waals surface area contributed by atoms with Crippen molar-refractivity contribution in [1.29, 1.82) is 0 Å². The van der Waals surface area contributed by atoms with Crippen molar-refractivity contribution in [3.8, 4) is 11.6 Å². The van der Waals surface area contributed by atoms with Crippen LogP contribution in [0.5, 0.6) is 0 Å². The molecule has 3 N–H and O–H groups in total. The van der Waals surface area contributed by atoms with Crippen molar-refractivity contribution < 1.29 is 9.21 Å². The Labute approximate surface area is 233 Å². The number of piperidine rings is 1. The lowest BCUT2D eigenvalue weighted by Gasteiger charge is -2.47. The van der Waals surface area contributed by atoms with E-state index in [9.17, 15) is 4.79 Å². The molecule has 2 aliphatic rings. The maximum Gasteiger partial charge on any atom is 0.315 e. The number of hydrogen-bond acceptors (Lipinski definition) is 11. The molecular weight excluding hydrogens is 520 g/mol. The number of halogens is 1. The van der Waals surface area contributed by atoms with Crippen molar-refractivity contribution in [3.63, 3.8) is 0 Å². The standard InChI is InChI=1S/C26H35ClN10O2/c1-4-17-15-36(23-16(3)31-20(14-30-23)24-33-34-26(39-24)29-5-2)12-13-37(17)18-8-10-35(11-9-18)25(38)19-6-7-21(27)32-22(19)28/h6-7,14,17-18H,4-5,8-13,15H2,1-3H3,(H2,28,32)(H,29,34)/t17-/m0/s1. The SMILES string of the molecule is CCNc1nnc(-c2cnc(N3CCN(C4CCN(C(=O)c5ccc(Cl)nc5N)CC4)[C@@H](CC)C3)c(C)n2)o1. The molecule has 39 heavy (non-hydrogen) atoms. The molecule has 0 saturated carbocycles. The number of likely N-dealkylation sites (tertiary alicyclic amines) is 1. The summed E-state index contributed by atoms with van der Waals surface area (Å²) in [4.78, 5) is 33.3. The third-order valence-corrected chi connectivity index (χ3v) is 7.74. The van der Waals surface area contributed by atoms with Crippen LogP contribution in [0.15, 0.2) is 22.7 Å². The zero-order valence-corrected chi connectivity index (χ0v) is 23.4. The van der Waals surface area contributed by atoms with Crippen LogP contribution < -0.4 is 16.0 Å². The van der Waals surface area contributed by atoms with Gasteiger partial charge in [-0.2, -0.15) is 0 Å². The number of rotatable bonds is 7. The number of hydrogen-bond donors (Lipinski definition) is 2. The van der Waals surface area contributed by atoms with Crippen LogP contribution in [0, 0.1) is 6.92 Å². The summed E-state index contributed by atoms with van der Waals surface area (Å²) in [6.07, 6.45) is 4.59. The van der Waals surface area contributed by atoms with Crippen LogP contribution in [0.1, 0.15) is 49.2 Å². The molecule has 1 amide bonds. The third-order valence-electron chi connectivity index (χ3n) is 7.53. The summed E-state index contributed by atoms with van der Waals surface area (Å²) in [6, 6.07) is 4.46. The van der Waals surface area contributed by atoms with Gasteiger partial charge in [-0.05, 0) is 45.2 Å². The van der Waals surface area contributed by atoms with E-state index in [1.54, 1.807) is 18.3 Å². The number of amides is 1. The summed E-state index contributed by atoms with van der Waals surface area (Å²) in [5, 5.41) is 11.4. The summed E-state index contributed by atoms with van der Waals surface area (Å²) in [6.45, 7) is 10.9. The molecule has 0 aromatic carbocycles. The summed E-state index contributed by atoms with van der Waals surface area (Å²) < 4.78 is 5.63. The van der Waals surface area contributed by atoms with Gasteiger partial charge < -0.3 is 25.3 Å². The molecule has 0 unspecified atom stereocenters. The molecule has 0 bridgehead atoms. The van der Waals surface area contributed by atoms with Gasteiger partial charge >= 0.3 is 6.01 Å². The fourth-order valence-electron chi connectivity index (χ4n) is 5.55. The van der Waals surface area contributed by atoms with Crippen molar-refractivity contribution in [2.45, 2.75) is 52.1 Å². The number of nitrogens with zero attached hydrogens (tertiary/aromatic N) is 8. The Morgan fingerprint density at radius 2 is 1.95 bits per heavy atom. The van der Waals surface area contributed by atoms with Gasteiger partial charge in [-0.15, -0.1) is 5.10 Å². The Morgan fingerprint density at radius 1 is 1.15 bits per heavy atom. The van der Waals surface area contributed by atoms with Crippen molar-refractivity contribution in [2.24, 2.45) is 0 Å². The average Bonchev–Trinajstić information content (AvgIpc) is 3.41. The van der Waals surface area contributed by atoms with Gasteiger partial charge in [0.05, 0.1) is 17.5 Å². The molecule has 0 radical (unpaired) electrons. The largest absolute Gasteiger partial charge is 0.402 e. The smallest absolute Gasteiger partial charge is 0.315 e. The Balaban J connectivity index is 1.20. The number of aryl methyl sites for hydroxylation is 1. The summed E-state index contributed by atoms with van der Waals surface area (Å²) >= 11 is 5.90. The first-order valence-electron chi connectivity index (χ1n) is 13.5. The van der Waals surface area contributed by atoms with E-state index in [0.29, 0.717) is 54.9 Å². The van der Waals surface area contributed by atoms with E-state index in [2.05, 4.69) is 37.2 Å². The Morgan fingerprint density at radius 3 is 2.64 bits per heavy atom. The fraction of sp³-hybridized carbons (Fsp3) is 0.538. The van der Waals surface area contributed by atoms with Gasteiger partial charge in [-0.1, -0.05) is 23.6 Å². The van der Waals surface area contributed by atoms with E-state index in [-0.39, 0.29) is 16.9 Å². The van der Waals surface area contributed by atoms with Crippen LogP contribution in [-0.4, -0.2) is 92.2 Å². The normalized spacial score (nSPS) is 18.9. The van der Waals surface area contributed by atoms with Crippen LogP contribution in [0.4, 0.5) is 17.7 Å². The number of pyridine rings is 1. The second-order valence-electron chi connectivity index (χ2n) is 9.94. The zero-order valence-electron chi connectivity index (χ0n) is 22.6. The molecule has 2 aliphatic heterocycles. The Bertz CT molecular complexity index is 1310. The van der Waals surface area contributed by atoms with Crippen molar-refractivity contribution in [2.75, 3.05) is 55.2 Å². The molecule has 0 aliphatic carbocycles. The number of carbonyl (C=O) groups excluding carboxylic acids is 1. The predicted molar refractivity (Wildman–Crippen MR) is 150 cm³/mol. The molecule has 2 fully saturated rings. The topological polar surface area (TPSA) is 142 Å². The first-order valence-corrected chi connectivity index (χ1v) is 13.9. The van der Waals surface area contributed by atoms with Crippen LogP contribution in [-0.2, 0) is 0 Å². The number of nitrogen functional groups attached to an aromatic ring is 1. The summed E-state index contributed by atoms with van der Waals surface area (Å²) in [7, 11) is 0. The molecule has 208 valence electrons. The highest BCUT2D eigenvalue weighted by molar-refractivity contribution is 6.29. The van der Waals surface area contributed by atoms with E-state index >= 15 is 0 Å². The van der Waals surface area contributed by atoms with Crippen LogP contribution in [0.3, 0.4) is 0 Å². The zero-order chi connectivity index (χ0) is 27.5. The summed E-state index contributed by atoms with van der Waals surface area (Å²) in [5.41, 5.74) is 7.77. The minimum atomic E-state index is -0.0807. The molecule has 12 nitrogen and oxygen atoms in total. The lowest BCUT2D eigenvalue weighted by atomic mass is 9.97. The van der Waals surface area contributed by atoms with E-state index in [4.69, 9.17) is 31.7 Å². The van der Waals surface area contributed by atoms with Crippen molar-refractivity contribution in [3.05, 3.63) is 34.7 Å². The monoisotopic (exact) mass is 554 g/mol. The van der Waals surface area contributed by atoms with Gasteiger partial charge in [0.2, 0.25) is 0 Å². The maximum absolute atomic E-state index is 13.0.